The number of halogens is 1. The molecular formula is C10H12ClNO4. The van der Waals surface area contributed by atoms with E-state index >= 15 is 0 Å². The highest BCUT2D eigenvalue weighted by molar-refractivity contribution is 6.30. The van der Waals surface area contributed by atoms with E-state index in [4.69, 9.17) is 21.1 Å². The number of hydrogen-bond acceptors (Lipinski definition) is 3. The molecule has 0 saturated carbocycles. The summed E-state index contributed by atoms with van der Waals surface area (Å²) in [6, 6.07) is 1.39. The first-order chi connectivity index (χ1) is 7.41. The normalized spacial score (nSPS) is 12.2. The molecule has 0 bridgehead atoms. The molecule has 1 unspecified atom stereocenters. The Labute approximate surface area is 97.6 Å². The van der Waals surface area contributed by atoms with Gasteiger partial charge in [-0.25, -0.2) is 0 Å². The fraction of sp³-hybridized carbons (Fsp3) is 0.400. The second kappa shape index (κ2) is 5.03. The van der Waals surface area contributed by atoms with Gasteiger partial charge in [0.15, 0.2) is 5.76 Å². The van der Waals surface area contributed by atoms with Crippen LogP contribution in [0.5, 0.6) is 0 Å². The van der Waals surface area contributed by atoms with Gasteiger partial charge >= 0.3 is 5.97 Å². The highest BCUT2D eigenvalue weighted by atomic mass is 35.5. The molecule has 88 valence electrons. The maximum absolute atomic E-state index is 11.7. The van der Waals surface area contributed by atoms with Gasteiger partial charge in [-0.05, 0) is 0 Å². The Balaban J connectivity index is 2.64. The number of carbonyl (C=O) groups is 2. The number of nitrogens with zero attached hydrogens (tertiary/aromatic N) is 1. The monoisotopic (exact) mass is 245 g/mol. The largest absolute Gasteiger partial charge is 0.481 e. The summed E-state index contributed by atoms with van der Waals surface area (Å²) in [5.74, 6) is -1.86. The number of carbonyl (C=O) groups excluding carboxylic acids is 1. The lowest BCUT2D eigenvalue weighted by Gasteiger charge is -2.17. The highest BCUT2D eigenvalue weighted by Crippen LogP contribution is 2.15. The van der Waals surface area contributed by atoms with E-state index < -0.39 is 11.9 Å². The number of carboxylic acid groups (broad SMARTS) is 1. The summed E-state index contributed by atoms with van der Waals surface area (Å²) in [6.07, 6.45) is 1.25. The maximum atomic E-state index is 11.7. The van der Waals surface area contributed by atoms with Gasteiger partial charge in [-0.2, -0.15) is 0 Å². The molecule has 1 atom stereocenters. The Bertz CT molecular complexity index is 401. The average Bonchev–Trinajstić information content (AvgIpc) is 2.63. The summed E-state index contributed by atoms with van der Waals surface area (Å²) >= 11 is 5.61. The second-order valence-electron chi connectivity index (χ2n) is 3.55. The highest BCUT2D eigenvalue weighted by Gasteiger charge is 2.20. The number of carboxylic acids is 1. The van der Waals surface area contributed by atoms with Gasteiger partial charge in [0.2, 0.25) is 0 Å². The lowest BCUT2D eigenvalue weighted by molar-refractivity contribution is -0.141. The van der Waals surface area contributed by atoms with E-state index in [0.29, 0.717) is 5.02 Å². The van der Waals surface area contributed by atoms with Crippen LogP contribution in [0.15, 0.2) is 16.7 Å². The summed E-state index contributed by atoms with van der Waals surface area (Å²) in [5.41, 5.74) is 0. The zero-order chi connectivity index (χ0) is 12.3. The van der Waals surface area contributed by atoms with Crippen LogP contribution in [-0.2, 0) is 4.79 Å². The van der Waals surface area contributed by atoms with Crippen molar-refractivity contribution in [3.63, 3.8) is 0 Å². The van der Waals surface area contributed by atoms with Crippen molar-refractivity contribution in [3.8, 4) is 0 Å². The van der Waals surface area contributed by atoms with Crippen molar-refractivity contribution in [1.82, 2.24) is 4.90 Å². The maximum Gasteiger partial charge on any atom is 0.308 e. The van der Waals surface area contributed by atoms with Crippen molar-refractivity contribution >= 4 is 23.5 Å². The molecule has 1 aromatic rings. The van der Waals surface area contributed by atoms with Crippen LogP contribution in [-0.4, -0.2) is 35.5 Å². The number of hydrogen-bond donors (Lipinski definition) is 1. The molecule has 1 N–H and O–H groups in total. The molecule has 1 heterocycles. The Morgan fingerprint density at radius 3 is 2.69 bits per heavy atom. The molecule has 6 heteroatoms. The first-order valence-electron chi connectivity index (χ1n) is 4.64. The van der Waals surface area contributed by atoms with Gasteiger partial charge in [0.25, 0.3) is 5.91 Å². The summed E-state index contributed by atoms with van der Waals surface area (Å²) in [6.45, 7) is 1.65. The molecule has 0 fully saturated rings. The fourth-order valence-corrected chi connectivity index (χ4v) is 1.33. The van der Waals surface area contributed by atoms with Crippen LogP contribution in [0.2, 0.25) is 5.02 Å². The van der Waals surface area contributed by atoms with E-state index in [-0.39, 0.29) is 18.2 Å². The molecule has 1 amide bonds. The van der Waals surface area contributed by atoms with Gasteiger partial charge in [0.1, 0.15) is 6.26 Å². The van der Waals surface area contributed by atoms with Crippen molar-refractivity contribution in [1.29, 1.82) is 0 Å². The van der Waals surface area contributed by atoms with Crippen LogP contribution < -0.4 is 0 Å². The second-order valence-corrected chi connectivity index (χ2v) is 3.99. The molecule has 0 aliphatic rings. The van der Waals surface area contributed by atoms with E-state index in [1.165, 1.54) is 31.2 Å². The van der Waals surface area contributed by atoms with E-state index in [1.54, 1.807) is 0 Å². The van der Waals surface area contributed by atoms with Gasteiger partial charge < -0.3 is 14.4 Å². The molecule has 5 nitrogen and oxygen atoms in total. The Morgan fingerprint density at radius 1 is 1.62 bits per heavy atom. The number of aliphatic carboxylic acids is 1. The number of furan rings is 1. The summed E-state index contributed by atoms with van der Waals surface area (Å²) in [4.78, 5) is 23.6. The Hall–Kier alpha value is -1.49. The lowest BCUT2D eigenvalue weighted by Crippen LogP contribution is -2.33. The van der Waals surface area contributed by atoms with Gasteiger partial charge in [-0.3, -0.25) is 9.59 Å². The van der Waals surface area contributed by atoms with Crippen molar-refractivity contribution in [2.75, 3.05) is 13.6 Å². The van der Waals surface area contributed by atoms with E-state index in [9.17, 15) is 9.59 Å². The molecular weight excluding hydrogens is 234 g/mol. The molecule has 0 spiro atoms. The van der Waals surface area contributed by atoms with Crippen molar-refractivity contribution < 1.29 is 19.1 Å². The zero-order valence-corrected chi connectivity index (χ0v) is 9.69. The molecule has 0 aromatic carbocycles. The Kier molecular flexibility index (Phi) is 3.95. The van der Waals surface area contributed by atoms with Gasteiger partial charge in [0, 0.05) is 19.7 Å². The first-order valence-corrected chi connectivity index (χ1v) is 5.02. The quantitative estimate of drug-likeness (QED) is 0.877. The van der Waals surface area contributed by atoms with Crippen molar-refractivity contribution in [3.05, 3.63) is 23.1 Å². The minimum absolute atomic E-state index is 0.102. The smallest absolute Gasteiger partial charge is 0.308 e. The summed E-state index contributed by atoms with van der Waals surface area (Å²) in [5, 5.41) is 9.04. The van der Waals surface area contributed by atoms with E-state index in [1.807, 2.05) is 0 Å². The minimum atomic E-state index is -0.947. The van der Waals surface area contributed by atoms with Gasteiger partial charge in [0.05, 0.1) is 10.9 Å². The molecule has 0 radical (unpaired) electrons. The van der Waals surface area contributed by atoms with E-state index in [2.05, 4.69) is 0 Å². The van der Waals surface area contributed by atoms with Crippen LogP contribution in [0.4, 0.5) is 0 Å². The molecule has 0 aliphatic carbocycles. The molecule has 0 saturated heterocycles. The van der Waals surface area contributed by atoms with Gasteiger partial charge in [-0.15, -0.1) is 0 Å². The average molecular weight is 246 g/mol. The minimum Gasteiger partial charge on any atom is -0.481 e. The third kappa shape index (κ3) is 3.00. The van der Waals surface area contributed by atoms with Crippen LogP contribution >= 0.6 is 11.6 Å². The predicted molar refractivity (Wildman–Crippen MR) is 57.5 cm³/mol. The Morgan fingerprint density at radius 2 is 2.25 bits per heavy atom. The SMILES string of the molecule is CC(CN(C)C(=O)c1cc(Cl)co1)C(=O)O. The molecule has 16 heavy (non-hydrogen) atoms. The van der Waals surface area contributed by atoms with Crippen LogP contribution in [0.1, 0.15) is 17.5 Å². The van der Waals surface area contributed by atoms with E-state index in [0.717, 1.165) is 0 Å². The number of amides is 1. The van der Waals surface area contributed by atoms with Crippen LogP contribution in [0.25, 0.3) is 0 Å². The third-order valence-electron chi connectivity index (χ3n) is 2.09. The fourth-order valence-electron chi connectivity index (χ4n) is 1.19. The molecule has 1 rings (SSSR count). The topological polar surface area (TPSA) is 70.8 Å². The summed E-state index contributed by atoms with van der Waals surface area (Å²) < 4.78 is 4.92. The first kappa shape index (κ1) is 12.6. The van der Waals surface area contributed by atoms with Crippen molar-refractivity contribution in [2.45, 2.75) is 6.92 Å². The summed E-state index contributed by atoms with van der Waals surface area (Å²) in [7, 11) is 1.51. The van der Waals surface area contributed by atoms with Crippen LogP contribution in [0, 0.1) is 5.92 Å². The van der Waals surface area contributed by atoms with Gasteiger partial charge in [-0.1, -0.05) is 18.5 Å². The standard InChI is InChI=1S/C10H12ClNO4/c1-6(10(14)15)4-12(2)9(13)8-3-7(11)5-16-8/h3,5-6H,4H2,1-2H3,(H,14,15). The number of rotatable bonds is 4. The molecule has 1 aromatic heterocycles. The third-order valence-corrected chi connectivity index (χ3v) is 2.29. The van der Waals surface area contributed by atoms with Crippen molar-refractivity contribution in [2.24, 2.45) is 5.92 Å². The molecule has 0 aliphatic heterocycles. The zero-order valence-electron chi connectivity index (χ0n) is 8.94. The lowest BCUT2D eigenvalue weighted by atomic mass is 10.2. The van der Waals surface area contributed by atoms with Crippen LogP contribution in [0.3, 0.4) is 0 Å². The predicted octanol–water partition coefficient (Wildman–Crippen LogP) is 1.73.